The maximum Gasteiger partial charge on any atom is 0.277 e. The Morgan fingerprint density at radius 1 is 1.00 bits per heavy atom. The van der Waals surface area contributed by atoms with Crippen molar-refractivity contribution in [1.29, 1.82) is 0 Å². The Morgan fingerprint density at radius 3 is 2.37 bits per heavy atom. The van der Waals surface area contributed by atoms with Crippen molar-refractivity contribution < 1.29 is 13.2 Å². The van der Waals surface area contributed by atoms with Gasteiger partial charge in [0.25, 0.3) is 10.0 Å². The van der Waals surface area contributed by atoms with Gasteiger partial charge in [0.2, 0.25) is 5.44 Å². The zero-order valence-electron chi connectivity index (χ0n) is 15.1. The molecule has 0 unspecified atom stereocenters. The molecular formula is C21H22N2O3S. The maximum atomic E-state index is 13.4. The largest absolute Gasteiger partial charge is 0.470 e. The fourth-order valence-electron chi connectivity index (χ4n) is 3.42. The van der Waals surface area contributed by atoms with Crippen LogP contribution in [0.4, 0.5) is 11.4 Å². The molecule has 0 aromatic heterocycles. The SMILES string of the molecule is CNCCC[C@@H]1Oc2cc3ccccc3cc2N(c2ccccc2)S1(=O)=O. The van der Waals surface area contributed by atoms with Crippen LogP contribution in [0.25, 0.3) is 10.8 Å². The summed E-state index contributed by atoms with van der Waals surface area (Å²) in [6, 6.07) is 20.9. The molecule has 0 radical (unpaired) electrons. The van der Waals surface area contributed by atoms with Gasteiger partial charge in [-0.3, -0.25) is 0 Å². The van der Waals surface area contributed by atoms with Crippen LogP contribution < -0.4 is 14.4 Å². The number of benzene rings is 3. The van der Waals surface area contributed by atoms with Gasteiger partial charge in [0.15, 0.2) is 0 Å². The normalized spacial score (nSPS) is 18.1. The van der Waals surface area contributed by atoms with Gasteiger partial charge in [0.05, 0.1) is 11.4 Å². The number of sulfonamides is 1. The molecule has 140 valence electrons. The van der Waals surface area contributed by atoms with Gasteiger partial charge in [0.1, 0.15) is 5.75 Å². The van der Waals surface area contributed by atoms with Crippen LogP contribution >= 0.6 is 0 Å². The van der Waals surface area contributed by atoms with Crippen LogP contribution in [-0.2, 0) is 10.0 Å². The number of para-hydroxylation sites is 1. The molecule has 0 spiro atoms. The molecule has 3 aromatic rings. The van der Waals surface area contributed by atoms with Crippen LogP contribution in [0, 0.1) is 0 Å². The number of hydrogen-bond acceptors (Lipinski definition) is 4. The van der Waals surface area contributed by atoms with Crippen LogP contribution in [0.1, 0.15) is 12.8 Å². The number of nitrogens with one attached hydrogen (secondary N) is 1. The van der Waals surface area contributed by atoms with Gasteiger partial charge in [-0.2, -0.15) is 0 Å². The molecule has 1 atom stereocenters. The van der Waals surface area contributed by atoms with Crippen molar-refractivity contribution in [3.05, 3.63) is 66.7 Å². The molecule has 1 aliphatic heterocycles. The predicted octanol–water partition coefficient (Wildman–Crippen LogP) is 4.03. The first-order valence-corrected chi connectivity index (χ1v) is 10.5. The van der Waals surface area contributed by atoms with E-state index < -0.39 is 15.5 Å². The molecule has 1 heterocycles. The van der Waals surface area contributed by atoms with Crippen molar-refractivity contribution in [2.45, 2.75) is 18.3 Å². The van der Waals surface area contributed by atoms with Crippen LogP contribution in [0.2, 0.25) is 0 Å². The molecule has 4 rings (SSSR count). The highest BCUT2D eigenvalue weighted by molar-refractivity contribution is 7.93. The first-order valence-electron chi connectivity index (χ1n) is 9.04. The molecule has 0 aliphatic carbocycles. The highest BCUT2D eigenvalue weighted by atomic mass is 32.2. The minimum atomic E-state index is -3.70. The van der Waals surface area contributed by atoms with E-state index in [0.29, 0.717) is 30.0 Å². The van der Waals surface area contributed by atoms with Crippen molar-refractivity contribution in [2.75, 3.05) is 17.9 Å². The van der Waals surface area contributed by atoms with E-state index in [-0.39, 0.29) is 0 Å². The van der Waals surface area contributed by atoms with E-state index in [1.54, 1.807) is 0 Å². The number of rotatable bonds is 5. The topological polar surface area (TPSA) is 58.6 Å². The second kappa shape index (κ2) is 7.21. The van der Waals surface area contributed by atoms with E-state index in [4.69, 9.17) is 4.74 Å². The lowest BCUT2D eigenvalue weighted by Crippen LogP contribution is -2.43. The van der Waals surface area contributed by atoms with E-state index in [0.717, 1.165) is 17.3 Å². The summed E-state index contributed by atoms with van der Waals surface area (Å²) in [6.45, 7) is 0.741. The van der Waals surface area contributed by atoms with Crippen molar-refractivity contribution in [1.82, 2.24) is 5.32 Å². The molecular weight excluding hydrogens is 360 g/mol. The molecule has 5 nitrogen and oxygen atoms in total. The number of anilines is 2. The molecule has 0 amide bonds. The van der Waals surface area contributed by atoms with Gasteiger partial charge < -0.3 is 10.1 Å². The molecule has 3 aromatic carbocycles. The first-order chi connectivity index (χ1) is 13.1. The molecule has 0 bridgehead atoms. The average Bonchev–Trinajstić information content (AvgIpc) is 2.67. The molecule has 6 heteroatoms. The number of fused-ring (bicyclic) bond motifs is 2. The summed E-state index contributed by atoms with van der Waals surface area (Å²) in [5, 5.41) is 5.06. The molecule has 0 fully saturated rings. The third-order valence-corrected chi connectivity index (χ3v) is 6.66. The number of hydrogen-bond donors (Lipinski definition) is 1. The van der Waals surface area contributed by atoms with Gasteiger partial charge in [-0.1, -0.05) is 42.5 Å². The van der Waals surface area contributed by atoms with E-state index in [1.165, 1.54) is 4.31 Å². The van der Waals surface area contributed by atoms with E-state index in [9.17, 15) is 8.42 Å². The van der Waals surface area contributed by atoms with Crippen LogP contribution in [0.5, 0.6) is 5.75 Å². The Morgan fingerprint density at radius 2 is 1.67 bits per heavy atom. The minimum Gasteiger partial charge on any atom is -0.470 e. The van der Waals surface area contributed by atoms with Crippen LogP contribution in [-0.4, -0.2) is 27.4 Å². The number of nitrogens with zero attached hydrogens (tertiary/aromatic N) is 1. The number of ether oxygens (including phenoxy) is 1. The standard InChI is InChI=1S/C21H22N2O3S/c1-22-13-7-12-21-26-20-15-17-9-6-5-8-16(17)14-19(20)23(27(21,24)25)18-10-3-2-4-11-18/h2-6,8-11,14-15,21-22H,7,12-13H2,1H3/t21-/m1/s1. The lowest BCUT2D eigenvalue weighted by molar-refractivity contribution is 0.255. The summed E-state index contributed by atoms with van der Waals surface area (Å²) in [4.78, 5) is 0. The smallest absolute Gasteiger partial charge is 0.277 e. The summed E-state index contributed by atoms with van der Waals surface area (Å²) < 4.78 is 34.2. The summed E-state index contributed by atoms with van der Waals surface area (Å²) in [5.41, 5.74) is 0.278. The highest BCUT2D eigenvalue weighted by Crippen LogP contribution is 2.44. The van der Waals surface area contributed by atoms with Gasteiger partial charge in [-0.25, -0.2) is 12.7 Å². The quantitative estimate of drug-likeness (QED) is 0.677. The average molecular weight is 382 g/mol. The fraction of sp³-hybridized carbons (Fsp3) is 0.238. The lowest BCUT2D eigenvalue weighted by Gasteiger charge is -2.36. The lowest BCUT2D eigenvalue weighted by atomic mass is 10.1. The van der Waals surface area contributed by atoms with Crippen LogP contribution in [0.3, 0.4) is 0 Å². The van der Waals surface area contributed by atoms with E-state index in [2.05, 4.69) is 5.32 Å². The Bertz CT molecular complexity index is 1050. The Balaban J connectivity index is 1.87. The summed E-state index contributed by atoms with van der Waals surface area (Å²) in [5.74, 6) is 0.599. The van der Waals surface area contributed by atoms with Gasteiger partial charge in [0, 0.05) is 6.42 Å². The Kier molecular flexibility index (Phi) is 4.76. The summed E-state index contributed by atoms with van der Waals surface area (Å²) in [6.07, 6.45) is 1.14. The zero-order valence-corrected chi connectivity index (χ0v) is 15.9. The second-order valence-electron chi connectivity index (χ2n) is 6.61. The van der Waals surface area contributed by atoms with Gasteiger partial charge in [-0.05, 0) is 55.1 Å². The maximum absolute atomic E-state index is 13.4. The van der Waals surface area contributed by atoms with Crippen molar-refractivity contribution in [3.63, 3.8) is 0 Å². The molecule has 1 N–H and O–H groups in total. The molecule has 27 heavy (non-hydrogen) atoms. The fourth-order valence-corrected chi connectivity index (χ4v) is 5.18. The zero-order chi connectivity index (χ0) is 18.9. The Labute approximate surface area is 159 Å². The summed E-state index contributed by atoms with van der Waals surface area (Å²) >= 11 is 0. The second-order valence-corrected chi connectivity index (χ2v) is 8.53. The van der Waals surface area contributed by atoms with Crippen molar-refractivity contribution in [3.8, 4) is 5.75 Å². The third kappa shape index (κ3) is 3.26. The van der Waals surface area contributed by atoms with Crippen molar-refractivity contribution >= 4 is 32.2 Å². The predicted molar refractivity (Wildman–Crippen MR) is 109 cm³/mol. The van der Waals surface area contributed by atoms with E-state index in [1.807, 2.05) is 73.8 Å². The molecule has 0 saturated carbocycles. The van der Waals surface area contributed by atoms with Gasteiger partial charge >= 0.3 is 0 Å². The molecule has 0 saturated heterocycles. The van der Waals surface area contributed by atoms with E-state index >= 15 is 0 Å². The minimum absolute atomic E-state index is 0.429. The monoisotopic (exact) mass is 382 g/mol. The van der Waals surface area contributed by atoms with Crippen molar-refractivity contribution in [2.24, 2.45) is 0 Å². The summed E-state index contributed by atoms with van der Waals surface area (Å²) in [7, 11) is -1.84. The molecule has 1 aliphatic rings. The first kappa shape index (κ1) is 17.8. The highest BCUT2D eigenvalue weighted by Gasteiger charge is 2.41. The third-order valence-electron chi connectivity index (χ3n) is 4.75. The van der Waals surface area contributed by atoms with Gasteiger partial charge in [-0.15, -0.1) is 0 Å². The Hall–Kier alpha value is -2.57. The van der Waals surface area contributed by atoms with Crippen LogP contribution in [0.15, 0.2) is 66.7 Å².